The highest BCUT2D eigenvalue weighted by atomic mass is 16.5. The van der Waals surface area contributed by atoms with Gasteiger partial charge in [-0.15, -0.1) is 0 Å². The second-order valence-corrected chi connectivity index (χ2v) is 4.91. The molecule has 1 aliphatic rings. The van der Waals surface area contributed by atoms with Crippen LogP contribution in [0.4, 0.5) is 0 Å². The lowest BCUT2D eigenvalue weighted by Gasteiger charge is -2.27. The van der Waals surface area contributed by atoms with Crippen molar-refractivity contribution in [3.8, 4) is 0 Å². The van der Waals surface area contributed by atoms with Crippen LogP contribution in [0, 0.1) is 19.8 Å². The third-order valence-corrected chi connectivity index (χ3v) is 3.33. The molecule has 1 aromatic heterocycles. The first-order chi connectivity index (χ1) is 9.49. The number of carboxylic acids is 1. The van der Waals surface area contributed by atoms with Gasteiger partial charge < -0.3 is 19.6 Å². The molecule has 1 fully saturated rings. The van der Waals surface area contributed by atoms with Gasteiger partial charge in [-0.05, 0) is 19.8 Å². The molecule has 0 spiro atoms. The fraction of sp³-hybridized carbons (Fsp3) is 0.615. The smallest absolute Gasteiger partial charge is 0.326 e. The summed E-state index contributed by atoms with van der Waals surface area (Å²) < 4.78 is 10.5. The Morgan fingerprint density at radius 2 is 2.20 bits per heavy atom. The fourth-order valence-electron chi connectivity index (χ4n) is 2.36. The minimum absolute atomic E-state index is 0.0606. The highest BCUT2D eigenvalue weighted by molar-refractivity contribution is 5.95. The number of carboxylic acid groups (broad SMARTS) is 1. The van der Waals surface area contributed by atoms with Crippen LogP contribution in [0.15, 0.2) is 4.42 Å². The molecule has 110 valence electrons. The molecule has 7 heteroatoms. The largest absolute Gasteiger partial charge is 0.480 e. The van der Waals surface area contributed by atoms with Crippen molar-refractivity contribution in [3.05, 3.63) is 17.3 Å². The average Bonchev–Trinajstić information content (AvgIpc) is 2.75. The highest BCUT2D eigenvalue weighted by Gasteiger charge is 2.32. The van der Waals surface area contributed by atoms with Gasteiger partial charge in [-0.1, -0.05) is 0 Å². The zero-order valence-corrected chi connectivity index (χ0v) is 11.5. The monoisotopic (exact) mass is 282 g/mol. The lowest BCUT2D eigenvalue weighted by molar-refractivity contribution is -0.142. The van der Waals surface area contributed by atoms with Gasteiger partial charge in [-0.3, -0.25) is 4.79 Å². The molecule has 2 rings (SSSR count). The number of oxazole rings is 1. The summed E-state index contributed by atoms with van der Waals surface area (Å²) in [5.41, 5.74) is 0.448. The number of aryl methyl sites for hydroxylation is 2. The summed E-state index contributed by atoms with van der Waals surface area (Å²) in [7, 11) is 0. The highest BCUT2D eigenvalue weighted by Crippen LogP contribution is 2.19. The van der Waals surface area contributed by atoms with Crippen LogP contribution in [0.3, 0.4) is 0 Å². The summed E-state index contributed by atoms with van der Waals surface area (Å²) >= 11 is 0. The summed E-state index contributed by atoms with van der Waals surface area (Å²) in [5.74, 6) is -1.41. The van der Waals surface area contributed by atoms with Crippen molar-refractivity contribution in [2.24, 2.45) is 5.92 Å². The van der Waals surface area contributed by atoms with Crippen LogP contribution in [0.1, 0.15) is 35.0 Å². The molecule has 0 bridgehead atoms. The van der Waals surface area contributed by atoms with E-state index in [1.807, 2.05) is 0 Å². The second-order valence-electron chi connectivity index (χ2n) is 4.91. The number of rotatable bonds is 4. The number of hydrogen-bond donors (Lipinski definition) is 2. The zero-order chi connectivity index (χ0) is 14.7. The van der Waals surface area contributed by atoms with Gasteiger partial charge in [0, 0.05) is 19.4 Å². The molecular weight excluding hydrogens is 264 g/mol. The van der Waals surface area contributed by atoms with Crippen molar-refractivity contribution in [2.45, 2.75) is 32.7 Å². The minimum Gasteiger partial charge on any atom is -0.480 e. The number of ether oxygens (including phenoxy) is 1. The number of carbonyl (C=O) groups excluding carboxylic acids is 1. The van der Waals surface area contributed by atoms with Crippen molar-refractivity contribution in [2.75, 3.05) is 13.2 Å². The average molecular weight is 282 g/mol. The number of amides is 1. The second kappa shape index (κ2) is 6.04. The predicted molar refractivity (Wildman–Crippen MR) is 68.4 cm³/mol. The first-order valence-electron chi connectivity index (χ1n) is 6.54. The lowest BCUT2D eigenvalue weighted by Crippen LogP contribution is -2.48. The number of aliphatic carboxylic acids is 1. The van der Waals surface area contributed by atoms with Gasteiger partial charge in [0.25, 0.3) is 5.91 Å². The fourth-order valence-corrected chi connectivity index (χ4v) is 2.36. The Morgan fingerprint density at radius 1 is 1.45 bits per heavy atom. The lowest BCUT2D eigenvalue weighted by atomic mass is 9.93. The number of aromatic nitrogens is 1. The van der Waals surface area contributed by atoms with Crippen LogP contribution in [0.5, 0.6) is 0 Å². The summed E-state index contributed by atoms with van der Waals surface area (Å²) in [6.45, 7) is 4.25. The standard InChI is InChI=1S/C13H18N2O5/c1-7-11(20-8(2)14-7)12(16)15-10(13(17)18)9-4-3-5-19-6-9/h9-10H,3-6H2,1-2H3,(H,15,16)(H,17,18). The molecule has 7 nitrogen and oxygen atoms in total. The molecule has 0 saturated carbocycles. The van der Waals surface area contributed by atoms with Crippen molar-refractivity contribution >= 4 is 11.9 Å². The summed E-state index contributed by atoms with van der Waals surface area (Å²) in [6, 6.07) is -0.979. The molecule has 1 aromatic rings. The number of hydrogen-bond acceptors (Lipinski definition) is 5. The van der Waals surface area contributed by atoms with Gasteiger partial charge in [0.05, 0.1) is 12.3 Å². The van der Waals surface area contributed by atoms with Crippen LogP contribution in [0.2, 0.25) is 0 Å². The predicted octanol–water partition coefficient (Wildman–Crippen LogP) is 0.901. The third kappa shape index (κ3) is 3.16. The quantitative estimate of drug-likeness (QED) is 0.850. The van der Waals surface area contributed by atoms with Crippen LogP contribution in [0.25, 0.3) is 0 Å². The molecule has 1 saturated heterocycles. The Labute approximate surface area is 116 Å². The summed E-state index contributed by atoms with van der Waals surface area (Å²) in [4.78, 5) is 27.4. The Morgan fingerprint density at radius 3 is 2.70 bits per heavy atom. The van der Waals surface area contributed by atoms with E-state index in [0.717, 1.165) is 6.42 Å². The van der Waals surface area contributed by atoms with E-state index in [1.54, 1.807) is 13.8 Å². The van der Waals surface area contributed by atoms with Gasteiger partial charge >= 0.3 is 5.97 Å². The van der Waals surface area contributed by atoms with Crippen LogP contribution >= 0.6 is 0 Å². The van der Waals surface area contributed by atoms with E-state index in [1.165, 1.54) is 0 Å². The topological polar surface area (TPSA) is 102 Å². The maximum atomic E-state index is 12.1. The molecule has 2 atom stereocenters. The Balaban J connectivity index is 2.09. The van der Waals surface area contributed by atoms with Crippen molar-refractivity contribution in [1.29, 1.82) is 0 Å². The zero-order valence-electron chi connectivity index (χ0n) is 11.5. The van der Waals surface area contributed by atoms with Crippen LogP contribution in [-0.4, -0.2) is 41.2 Å². The molecule has 2 N–H and O–H groups in total. The summed E-state index contributed by atoms with van der Waals surface area (Å²) in [5, 5.41) is 11.8. The van der Waals surface area contributed by atoms with Crippen molar-refractivity contribution < 1.29 is 23.8 Å². The molecule has 20 heavy (non-hydrogen) atoms. The molecule has 2 heterocycles. The van der Waals surface area contributed by atoms with Crippen LogP contribution in [-0.2, 0) is 9.53 Å². The Kier molecular flexibility index (Phi) is 4.39. The van der Waals surface area contributed by atoms with Gasteiger partial charge in [-0.25, -0.2) is 9.78 Å². The number of nitrogens with zero attached hydrogens (tertiary/aromatic N) is 1. The molecule has 0 radical (unpaired) electrons. The normalized spacial score (nSPS) is 20.4. The van der Waals surface area contributed by atoms with E-state index in [4.69, 9.17) is 9.15 Å². The van der Waals surface area contributed by atoms with E-state index >= 15 is 0 Å². The molecular formula is C13H18N2O5. The van der Waals surface area contributed by atoms with E-state index < -0.39 is 17.9 Å². The SMILES string of the molecule is Cc1nc(C)c(C(=O)NC(C(=O)O)C2CCCOC2)o1. The number of nitrogens with one attached hydrogen (secondary N) is 1. The maximum absolute atomic E-state index is 12.1. The molecule has 0 aromatic carbocycles. The maximum Gasteiger partial charge on any atom is 0.326 e. The van der Waals surface area contributed by atoms with E-state index in [9.17, 15) is 14.7 Å². The molecule has 2 unspecified atom stereocenters. The van der Waals surface area contributed by atoms with E-state index in [2.05, 4.69) is 10.3 Å². The molecule has 0 aliphatic carbocycles. The molecule has 1 aliphatic heterocycles. The van der Waals surface area contributed by atoms with E-state index in [0.29, 0.717) is 31.2 Å². The Bertz CT molecular complexity index is 505. The number of carbonyl (C=O) groups is 2. The van der Waals surface area contributed by atoms with Gasteiger partial charge in [-0.2, -0.15) is 0 Å². The van der Waals surface area contributed by atoms with E-state index in [-0.39, 0.29) is 11.7 Å². The Hall–Kier alpha value is -1.89. The first kappa shape index (κ1) is 14.5. The molecule has 1 amide bonds. The van der Waals surface area contributed by atoms with Gasteiger partial charge in [0.15, 0.2) is 5.89 Å². The van der Waals surface area contributed by atoms with Gasteiger partial charge in [0.1, 0.15) is 6.04 Å². The van der Waals surface area contributed by atoms with Gasteiger partial charge in [0.2, 0.25) is 5.76 Å². The summed E-state index contributed by atoms with van der Waals surface area (Å²) in [6.07, 6.45) is 1.51. The minimum atomic E-state index is -1.07. The van der Waals surface area contributed by atoms with Crippen LogP contribution < -0.4 is 5.32 Å². The third-order valence-electron chi connectivity index (χ3n) is 3.33. The van der Waals surface area contributed by atoms with Crippen molar-refractivity contribution in [1.82, 2.24) is 10.3 Å². The van der Waals surface area contributed by atoms with Crippen molar-refractivity contribution in [3.63, 3.8) is 0 Å². The first-order valence-corrected chi connectivity index (χ1v) is 6.54.